The summed E-state index contributed by atoms with van der Waals surface area (Å²) in [6.45, 7) is 2.99. The third-order valence-electron chi connectivity index (χ3n) is 8.26. The predicted octanol–water partition coefficient (Wildman–Crippen LogP) is 6.33. The number of nitrogens with zero attached hydrogens (tertiary/aromatic N) is 2. The molecule has 36 heavy (non-hydrogen) atoms. The van der Waals surface area contributed by atoms with Crippen molar-refractivity contribution in [2.45, 2.75) is 64.1 Å². The number of carbonyl (C=O) groups is 2. The zero-order valence-electron chi connectivity index (χ0n) is 20.6. The standard InChI is InChI=1S/C30H31FN2O3/c1-18-6-5-9-20-14-22(29(34)32-13-12-23(31)17-32)16-33-25-15-21(30(35)36)10-11-24(25)27(28(33)26(18)20)19-7-3-2-4-8-19/h5-6,9-11,14-15,19,23H,2-4,7-8,12-13,16-17H2,1H3,(H,35,36)/t23-/m1/s1. The normalized spacial score (nSPS) is 20.1. The highest BCUT2D eigenvalue weighted by molar-refractivity contribution is 6.04. The minimum atomic E-state index is -0.978. The zero-order valence-corrected chi connectivity index (χ0v) is 20.6. The van der Waals surface area contributed by atoms with Gasteiger partial charge in [0, 0.05) is 28.6 Å². The molecular weight excluding hydrogens is 455 g/mol. The molecule has 1 saturated heterocycles. The van der Waals surface area contributed by atoms with E-state index in [0.717, 1.165) is 46.1 Å². The number of halogens is 1. The Morgan fingerprint density at radius 3 is 2.58 bits per heavy atom. The summed E-state index contributed by atoms with van der Waals surface area (Å²) in [5.74, 6) is -0.704. The monoisotopic (exact) mass is 486 g/mol. The van der Waals surface area contributed by atoms with Gasteiger partial charge in [0.05, 0.1) is 24.3 Å². The molecule has 6 heteroatoms. The molecule has 2 fully saturated rings. The van der Waals surface area contributed by atoms with Crippen molar-refractivity contribution in [3.63, 3.8) is 0 Å². The maximum atomic E-state index is 14.0. The fraction of sp³-hybridized carbons (Fsp3) is 0.400. The number of likely N-dealkylation sites (tertiary alicyclic amines) is 1. The average Bonchev–Trinajstić information content (AvgIpc) is 3.39. The Labute approximate surface area is 210 Å². The molecule has 3 aromatic rings. The lowest BCUT2D eigenvalue weighted by Crippen LogP contribution is -2.31. The minimum absolute atomic E-state index is 0.132. The molecule has 0 spiro atoms. The molecule has 2 aliphatic heterocycles. The van der Waals surface area contributed by atoms with Crippen LogP contribution < -0.4 is 0 Å². The minimum Gasteiger partial charge on any atom is -0.478 e. The lowest BCUT2D eigenvalue weighted by molar-refractivity contribution is -0.126. The fourth-order valence-corrected chi connectivity index (χ4v) is 6.52. The Balaban J connectivity index is 1.62. The van der Waals surface area contributed by atoms with Gasteiger partial charge in [0.2, 0.25) is 0 Å². The van der Waals surface area contributed by atoms with Crippen LogP contribution in [0.25, 0.3) is 28.2 Å². The van der Waals surface area contributed by atoms with Crippen LogP contribution >= 0.6 is 0 Å². The van der Waals surface area contributed by atoms with E-state index in [9.17, 15) is 19.1 Å². The molecule has 1 aromatic heterocycles. The van der Waals surface area contributed by atoms with Gasteiger partial charge in [0.15, 0.2) is 0 Å². The summed E-state index contributed by atoms with van der Waals surface area (Å²) < 4.78 is 16.1. The third-order valence-corrected chi connectivity index (χ3v) is 8.26. The molecule has 186 valence electrons. The number of carboxylic acids is 1. The van der Waals surface area contributed by atoms with Crippen molar-refractivity contribution in [3.05, 3.63) is 64.2 Å². The number of hydrogen-bond donors (Lipinski definition) is 1. The van der Waals surface area contributed by atoms with Gasteiger partial charge in [-0.1, -0.05) is 43.5 Å². The Bertz CT molecular complexity index is 1410. The van der Waals surface area contributed by atoms with Crippen molar-refractivity contribution in [1.82, 2.24) is 9.47 Å². The molecule has 3 aliphatic rings. The number of carbonyl (C=O) groups excluding carboxylic acids is 1. The highest BCUT2D eigenvalue weighted by Gasteiger charge is 2.33. The molecule has 1 aliphatic carbocycles. The van der Waals surface area contributed by atoms with Crippen molar-refractivity contribution in [1.29, 1.82) is 0 Å². The highest BCUT2D eigenvalue weighted by atomic mass is 19.1. The number of fused-ring (bicyclic) bond motifs is 5. The van der Waals surface area contributed by atoms with Gasteiger partial charge in [0.1, 0.15) is 6.17 Å². The van der Waals surface area contributed by atoms with Gasteiger partial charge in [-0.15, -0.1) is 0 Å². The largest absolute Gasteiger partial charge is 0.478 e. The Hall–Kier alpha value is -3.41. The van der Waals surface area contributed by atoms with Crippen LogP contribution in [0.3, 0.4) is 0 Å². The van der Waals surface area contributed by atoms with Crippen molar-refractivity contribution in [2.24, 2.45) is 0 Å². The average molecular weight is 487 g/mol. The number of aromatic carboxylic acids is 1. The lowest BCUT2D eigenvalue weighted by atomic mass is 9.81. The molecule has 0 radical (unpaired) electrons. The summed E-state index contributed by atoms with van der Waals surface area (Å²) in [6, 6.07) is 11.6. The van der Waals surface area contributed by atoms with E-state index in [0.29, 0.717) is 31.0 Å². The third kappa shape index (κ3) is 3.74. The Kier molecular flexibility index (Phi) is 5.70. The Morgan fingerprint density at radius 2 is 1.86 bits per heavy atom. The number of amides is 1. The first-order valence-electron chi connectivity index (χ1n) is 13.1. The molecule has 1 amide bonds. The Morgan fingerprint density at radius 1 is 1.06 bits per heavy atom. The van der Waals surface area contributed by atoms with Crippen LogP contribution in [0, 0.1) is 6.92 Å². The second-order valence-electron chi connectivity index (χ2n) is 10.6. The van der Waals surface area contributed by atoms with E-state index in [-0.39, 0.29) is 18.0 Å². The van der Waals surface area contributed by atoms with Crippen LogP contribution in [0.4, 0.5) is 4.39 Å². The van der Waals surface area contributed by atoms with Gasteiger partial charge in [-0.3, -0.25) is 4.79 Å². The number of alkyl halides is 1. The number of aryl methyl sites for hydroxylation is 1. The van der Waals surface area contributed by atoms with Crippen LogP contribution in [0.15, 0.2) is 42.0 Å². The van der Waals surface area contributed by atoms with E-state index >= 15 is 0 Å². The molecule has 1 N–H and O–H groups in total. The summed E-state index contributed by atoms with van der Waals surface area (Å²) in [6.07, 6.45) is 7.21. The predicted molar refractivity (Wildman–Crippen MR) is 139 cm³/mol. The SMILES string of the molecule is Cc1cccc2c1-c1c(C3CCCCC3)c3ccc(C(=O)O)cc3n1CC(C(=O)N1CC[C@@H](F)C1)=C2. The molecule has 3 heterocycles. The van der Waals surface area contributed by atoms with E-state index in [2.05, 4.69) is 23.6 Å². The summed E-state index contributed by atoms with van der Waals surface area (Å²) >= 11 is 0. The van der Waals surface area contributed by atoms with Gasteiger partial charge in [-0.05, 0) is 67.0 Å². The first-order valence-corrected chi connectivity index (χ1v) is 13.1. The molecule has 0 unspecified atom stereocenters. The van der Waals surface area contributed by atoms with E-state index < -0.39 is 12.1 Å². The molecule has 1 atom stereocenters. The molecule has 0 bridgehead atoms. The van der Waals surface area contributed by atoms with Gasteiger partial charge in [-0.25, -0.2) is 9.18 Å². The number of benzene rings is 2. The lowest BCUT2D eigenvalue weighted by Gasteiger charge is -2.24. The van der Waals surface area contributed by atoms with E-state index in [1.54, 1.807) is 17.0 Å². The molecule has 1 saturated carbocycles. The quantitative estimate of drug-likeness (QED) is 0.471. The molecule has 5 nitrogen and oxygen atoms in total. The molecule has 2 aromatic carbocycles. The molecule has 6 rings (SSSR count). The maximum Gasteiger partial charge on any atom is 0.335 e. The van der Waals surface area contributed by atoms with Crippen molar-refractivity contribution >= 4 is 28.9 Å². The van der Waals surface area contributed by atoms with Crippen LogP contribution in [0.1, 0.15) is 71.5 Å². The molecular formula is C30H31FN2O3. The van der Waals surface area contributed by atoms with Gasteiger partial charge >= 0.3 is 5.97 Å². The first-order chi connectivity index (χ1) is 17.4. The zero-order chi connectivity index (χ0) is 25.0. The fourth-order valence-electron chi connectivity index (χ4n) is 6.52. The van der Waals surface area contributed by atoms with Gasteiger partial charge in [0.25, 0.3) is 5.91 Å². The first kappa shape index (κ1) is 23.0. The van der Waals surface area contributed by atoms with Crippen molar-refractivity contribution < 1.29 is 19.1 Å². The maximum absolute atomic E-state index is 14.0. The van der Waals surface area contributed by atoms with Crippen LogP contribution in [0.5, 0.6) is 0 Å². The smallest absolute Gasteiger partial charge is 0.335 e. The summed E-state index contributed by atoms with van der Waals surface area (Å²) in [7, 11) is 0. The van der Waals surface area contributed by atoms with Crippen LogP contribution in [-0.2, 0) is 11.3 Å². The van der Waals surface area contributed by atoms with Crippen LogP contribution in [0.2, 0.25) is 0 Å². The van der Waals surface area contributed by atoms with Crippen LogP contribution in [-0.4, -0.2) is 45.7 Å². The highest BCUT2D eigenvalue weighted by Crippen LogP contribution is 2.47. The second kappa shape index (κ2) is 8.91. The summed E-state index contributed by atoms with van der Waals surface area (Å²) in [5.41, 5.74) is 7.32. The van der Waals surface area contributed by atoms with Gasteiger partial charge < -0.3 is 14.6 Å². The van der Waals surface area contributed by atoms with Crippen molar-refractivity contribution in [3.8, 4) is 11.3 Å². The van der Waals surface area contributed by atoms with E-state index in [1.807, 2.05) is 18.2 Å². The number of carboxylic acid groups (broad SMARTS) is 1. The van der Waals surface area contributed by atoms with E-state index in [1.165, 1.54) is 24.8 Å². The van der Waals surface area contributed by atoms with Crippen molar-refractivity contribution in [2.75, 3.05) is 13.1 Å². The van der Waals surface area contributed by atoms with Gasteiger partial charge in [-0.2, -0.15) is 0 Å². The summed E-state index contributed by atoms with van der Waals surface area (Å²) in [5, 5.41) is 10.8. The summed E-state index contributed by atoms with van der Waals surface area (Å²) in [4.78, 5) is 27.1. The number of rotatable bonds is 3. The van der Waals surface area contributed by atoms with E-state index in [4.69, 9.17) is 0 Å². The number of hydrogen-bond acceptors (Lipinski definition) is 2. The number of aromatic nitrogens is 1. The topological polar surface area (TPSA) is 62.5 Å². The second-order valence-corrected chi connectivity index (χ2v) is 10.6.